The number of halogens is 1. The zero-order valence-corrected chi connectivity index (χ0v) is 17.2. The first kappa shape index (κ1) is 21.5. The van der Waals surface area contributed by atoms with E-state index in [1.807, 2.05) is 6.07 Å². The molecule has 3 rings (SSSR count). The second kappa shape index (κ2) is 9.98. The van der Waals surface area contributed by atoms with Gasteiger partial charge in [0, 0.05) is 19.5 Å². The number of fused-ring (bicyclic) bond motifs is 1. The molecule has 7 heteroatoms. The molecule has 0 fully saturated rings. The van der Waals surface area contributed by atoms with E-state index in [2.05, 4.69) is 10.0 Å². The number of aryl methyl sites for hydroxylation is 2. The van der Waals surface area contributed by atoms with Crippen LogP contribution in [0.3, 0.4) is 0 Å². The molecule has 0 saturated heterocycles. The molecule has 2 N–H and O–H groups in total. The lowest BCUT2D eigenvalue weighted by Crippen LogP contribution is -2.28. The quantitative estimate of drug-likeness (QED) is 0.615. The summed E-state index contributed by atoms with van der Waals surface area (Å²) < 4.78 is 40.4. The molecule has 0 spiro atoms. The molecule has 1 aliphatic carbocycles. The summed E-state index contributed by atoms with van der Waals surface area (Å²) in [6, 6.07) is 11.5. The molecule has 0 heterocycles. The normalized spacial score (nSPS) is 13.7. The summed E-state index contributed by atoms with van der Waals surface area (Å²) in [5.41, 5.74) is 3.32. The van der Waals surface area contributed by atoms with Crippen molar-refractivity contribution in [3.8, 4) is 0 Å². The van der Waals surface area contributed by atoms with Gasteiger partial charge in [0.2, 0.25) is 15.9 Å². The third kappa shape index (κ3) is 6.37. The van der Waals surface area contributed by atoms with Crippen molar-refractivity contribution in [1.82, 2.24) is 10.0 Å². The Labute approximate surface area is 171 Å². The van der Waals surface area contributed by atoms with Gasteiger partial charge in [0.1, 0.15) is 5.82 Å². The molecular formula is C22H27FN2O3S. The van der Waals surface area contributed by atoms with Crippen LogP contribution in [-0.4, -0.2) is 27.4 Å². The number of hydrogen-bond donors (Lipinski definition) is 2. The Hall–Kier alpha value is -2.25. The van der Waals surface area contributed by atoms with E-state index < -0.39 is 10.0 Å². The van der Waals surface area contributed by atoms with Gasteiger partial charge in [0.15, 0.2) is 0 Å². The van der Waals surface area contributed by atoms with E-state index in [0.29, 0.717) is 24.3 Å². The molecule has 0 unspecified atom stereocenters. The summed E-state index contributed by atoms with van der Waals surface area (Å²) in [5.74, 6) is -0.407. The number of nitrogens with one attached hydrogen (secondary N) is 2. The Balaban J connectivity index is 1.38. The summed E-state index contributed by atoms with van der Waals surface area (Å²) in [5, 5.41) is 2.80. The Morgan fingerprint density at radius 2 is 1.69 bits per heavy atom. The van der Waals surface area contributed by atoms with Crippen LogP contribution in [0, 0.1) is 5.82 Å². The lowest BCUT2D eigenvalue weighted by molar-refractivity contribution is -0.121. The first-order valence-electron chi connectivity index (χ1n) is 10.1. The van der Waals surface area contributed by atoms with Crippen LogP contribution < -0.4 is 10.0 Å². The predicted molar refractivity (Wildman–Crippen MR) is 111 cm³/mol. The maximum Gasteiger partial charge on any atom is 0.240 e. The van der Waals surface area contributed by atoms with E-state index in [1.165, 1.54) is 17.7 Å². The molecule has 5 nitrogen and oxygen atoms in total. The van der Waals surface area contributed by atoms with E-state index in [1.54, 1.807) is 24.3 Å². The van der Waals surface area contributed by atoms with Gasteiger partial charge in [-0.25, -0.2) is 17.5 Å². The SMILES string of the molecule is O=C(CCCNS(=O)(=O)c1ccc2c(c1)CCCC2)NCCc1ccc(F)cc1. The summed E-state index contributed by atoms with van der Waals surface area (Å²) in [6.45, 7) is 0.677. The second-order valence-electron chi connectivity index (χ2n) is 7.37. The number of amides is 1. The Morgan fingerprint density at radius 1 is 0.966 bits per heavy atom. The zero-order valence-electron chi connectivity index (χ0n) is 16.4. The summed E-state index contributed by atoms with van der Waals surface area (Å²) >= 11 is 0. The molecule has 2 aromatic carbocycles. The van der Waals surface area contributed by atoms with Crippen molar-refractivity contribution in [2.75, 3.05) is 13.1 Å². The van der Waals surface area contributed by atoms with Crippen LogP contribution >= 0.6 is 0 Å². The first-order valence-corrected chi connectivity index (χ1v) is 11.5. The van der Waals surface area contributed by atoms with Crippen LogP contribution in [0.1, 0.15) is 42.4 Å². The summed E-state index contributed by atoms with van der Waals surface area (Å²) in [7, 11) is -3.56. The maximum absolute atomic E-state index is 12.9. The van der Waals surface area contributed by atoms with Crippen LogP contribution in [0.5, 0.6) is 0 Å². The molecule has 0 radical (unpaired) electrons. The van der Waals surface area contributed by atoms with E-state index in [-0.39, 0.29) is 24.7 Å². The average Bonchev–Trinajstić information content (AvgIpc) is 2.72. The number of sulfonamides is 1. The molecule has 0 bridgehead atoms. The van der Waals surface area contributed by atoms with Gasteiger partial charge in [0.25, 0.3) is 0 Å². The van der Waals surface area contributed by atoms with E-state index in [9.17, 15) is 17.6 Å². The van der Waals surface area contributed by atoms with Crippen LogP contribution in [0.2, 0.25) is 0 Å². The monoisotopic (exact) mass is 418 g/mol. The predicted octanol–water partition coefficient (Wildman–Crippen LogP) is 3.12. The smallest absolute Gasteiger partial charge is 0.240 e. The fourth-order valence-corrected chi connectivity index (χ4v) is 4.63. The molecule has 29 heavy (non-hydrogen) atoms. The van der Waals surface area contributed by atoms with Gasteiger partial charge in [-0.15, -0.1) is 0 Å². The largest absolute Gasteiger partial charge is 0.356 e. The minimum Gasteiger partial charge on any atom is -0.356 e. The topological polar surface area (TPSA) is 75.3 Å². The molecule has 0 atom stereocenters. The van der Waals surface area contributed by atoms with Crippen LogP contribution in [0.15, 0.2) is 47.4 Å². The second-order valence-corrected chi connectivity index (χ2v) is 9.13. The molecule has 156 valence electrons. The first-order chi connectivity index (χ1) is 13.9. The highest BCUT2D eigenvalue weighted by Gasteiger charge is 2.17. The fourth-order valence-electron chi connectivity index (χ4n) is 3.50. The third-order valence-corrected chi connectivity index (χ3v) is 6.61. The van der Waals surface area contributed by atoms with Gasteiger partial charge in [-0.2, -0.15) is 0 Å². The Morgan fingerprint density at radius 3 is 2.45 bits per heavy atom. The van der Waals surface area contributed by atoms with Crippen LogP contribution in [0.4, 0.5) is 4.39 Å². The van der Waals surface area contributed by atoms with E-state index in [4.69, 9.17) is 0 Å². The standard InChI is InChI=1S/C22H27FN2O3S/c23-20-10-7-17(8-11-20)13-15-24-22(26)6-3-14-25-29(27,28)21-12-9-18-4-1-2-5-19(18)16-21/h7-12,16,25H,1-6,13-15H2,(H,24,26). The minimum atomic E-state index is -3.56. The number of rotatable bonds is 9. The minimum absolute atomic E-state index is 0.125. The van der Waals surface area contributed by atoms with Gasteiger partial charge in [0.05, 0.1) is 4.90 Å². The Kier molecular flexibility index (Phi) is 7.39. The highest BCUT2D eigenvalue weighted by molar-refractivity contribution is 7.89. The van der Waals surface area contributed by atoms with Gasteiger partial charge < -0.3 is 5.32 Å². The van der Waals surface area contributed by atoms with Crippen molar-refractivity contribution in [2.45, 2.75) is 49.8 Å². The van der Waals surface area contributed by atoms with Gasteiger partial charge in [-0.05, 0) is 79.5 Å². The third-order valence-electron chi connectivity index (χ3n) is 5.15. The highest BCUT2D eigenvalue weighted by Crippen LogP contribution is 2.24. The van der Waals surface area contributed by atoms with Gasteiger partial charge >= 0.3 is 0 Å². The maximum atomic E-state index is 12.9. The summed E-state index contributed by atoms with van der Waals surface area (Å²) in [6.07, 6.45) is 5.49. The number of hydrogen-bond acceptors (Lipinski definition) is 3. The van der Waals surface area contributed by atoms with Crippen molar-refractivity contribution < 1.29 is 17.6 Å². The molecule has 0 aromatic heterocycles. The molecule has 1 amide bonds. The van der Waals surface area contributed by atoms with Gasteiger partial charge in [-0.3, -0.25) is 4.79 Å². The molecular weight excluding hydrogens is 391 g/mol. The van der Waals surface area contributed by atoms with E-state index in [0.717, 1.165) is 36.8 Å². The highest BCUT2D eigenvalue weighted by atomic mass is 32.2. The average molecular weight is 419 g/mol. The number of carbonyl (C=O) groups is 1. The summed E-state index contributed by atoms with van der Waals surface area (Å²) in [4.78, 5) is 12.2. The van der Waals surface area contributed by atoms with Crippen LogP contribution in [-0.2, 0) is 34.1 Å². The van der Waals surface area contributed by atoms with Crippen LogP contribution in [0.25, 0.3) is 0 Å². The van der Waals surface area contributed by atoms with E-state index >= 15 is 0 Å². The zero-order chi connectivity index (χ0) is 20.7. The van der Waals surface area contributed by atoms with Crippen molar-refractivity contribution in [3.63, 3.8) is 0 Å². The Bertz CT molecular complexity index is 943. The van der Waals surface area contributed by atoms with Crippen molar-refractivity contribution >= 4 is 15.9 Å². The molecule has 1 aliphatic rings. The lowest BCUT2D eigenvalue weighted by atomic mass is 9.92. The molecule has 0 saturated carbocycles. The molecule has 2 aromatic rings. The van der Waals surface area contributed by atoms with Crippen molar-refractivity contribution in [3.05, 3.63) is 65.0 Å². The number of benzene rings is 2. The fraction of sp³-hybridized carbons (Fsp3) is 0.409. The van der Waals surface area contributed by atoms with Gasteiger partial charge in [-0.1, -0.05) is 18.2 Å². The molecule has 0 aliphatic heterocycles. The number of carbonyl (C=O) groups excluding carboxylic acids is 1. The lowest BCUT2D eigenvalue weighted by Gasteiger charge is -2.16. The van der Waals surface area contributed by atoms with Crippen molar-refractivity contribution in [2.24, 2.45) is 0 Å². The van der Waals surface area contributed by atoms with Crippen molar-refractivity contribution in [1.29, 1.82) is 0 Å².